The fourth-order valence-corrected chi connectivity index (χ4v) is 5.84. The van der Waals surface area contributed by atoms with Crippen LogP contribution in [0.5, 0.6) is 0 Å². The molecule has 0 aliphatic heterocycles. The molecule has 44 heavy (non-hydrogen) atoms. The molecule has 9 aromatic rings. The molecule has 0 atom stereocenters. The van der Waals surface area contributed by atoms with Crippen LogP contribution in [0.25, 0.3) is 84.2 Å². The van der Waals surface area contributed by atoms with Crippen LogP contribution < -0.4 is 0 Å². The van der Waals surface area contributed by atoms with E-state index < -0.39 is 0 Å². The van der Waals surface area contributed by atoms with Gasteiger partial charge in [-0.3, -0.25) is 4.98 Å². The lowest BCUT2D eigenvalue weighted by Gasteiger charge is -2.12. The Hall–Kier alpha value is -6.28. The highest BCUT2D eigenvalue weighted by atomic mass is 16.4. The molecule has 0 fully saturated rings. The van der Waals surface area contributed by atoms with Crippen LogP contribution in [-0.4, -0.2) is 24.5 Å². The zero-order valence-electron chi connectivity index (χ0n) is 23.1. The van der Waals surface area contributed by atoms with Crippen molar-refractivity contribution >= 4 is 32.9 Å². The number of aromatic nitrogens is 5. The molecule has 0 saturated heterocycles. The zero-order chi connectivity index (χ0) is 29.0. The molecule has 0 radical (unpaired) electrons. The van der Waals surface area contributed by atoms with Crippen molar-refractivity contribution in [2.45, 2.75) is 0 Å². The molecule has 0 bridgehead atoms. The second-order valence-corrected chi connectivity index (χ2v) is 10.4. The highest BCUT2D eigenvalue weighted by molar-refractivity contribution is 6.10. The maximum absolute atomic E-state index is 6.29. The summed E-state index contributed by atoms with van der Waals surface area (Å²) in [5.41, 5.74) is 8.84. The van der Waals surface area contributed by atoms with Crippen LogP contribution in [0.3, 0.4) is 0 Å². The minimum absolute atomic E-state index is 0.533. The SMILES string of the molecule is c1ccc(-c2cc(-c3ncco3)cc(-n3c4ccccc4c4ccc(-c5nc6ccc(-c7ncco7)cc6o5)cc43)c2)nc1. The van der Waals surface area contributed by atoms with Crippen molar-refractivity contribution < 1.29 is 13.3 Å². The molecule has 0 aliphatic carbocycles. The van der Waals surface area contributed by atoms with E-state index >= 15 is 0 Å². The van der Waals surface area contributed by atoms with Gasteiger partial charge in [-0.15, -0.1) is 0 Å². The molecule has 0 unspecified atom stereocenters. The van der Waals surface area contributed by atoms with Gasteiger partial charge < -0.3 is 17.8 Å². The highest BCUT2D eigenvalue weighted by Gasteiger charge is 2.18. The van der Waals surface area contributed by atoms with Crippen LogP contribution in [0, 0.1) is 0 Å². The van der Waals surface area contributed by atoms with Crippen LogP contribution in [0.2, 0.25) is 0 Å². The summed E-state index contributed by atoms with van der Waals surface area (Å²) in [5.74, 6) is 1.61. The molecular formula is C36H21N5O3. The fraction of sp³-hybridized carbons (Fsp3) is 0. The van der Waals surface area contributed by atoms with E-state index in [0.29, 0.717) is 23.3 Å². The predicted molar refractivity (Wildman–Crippen MR) is 168 cm³/mol. The Morgan fingerprint density at radius 1 is 0.523 bits per heavy atom. The van der Waals surface area contributed by atoms with Crippen molar-refractivity contribution in [2.24, 2.45) is 0 Å². The molecule has 208 valence electrons. The van der Waals surface area contributed by atoms with Crippen molar-refractivity contribution in [3.8, 4) is 51.3 Å². The van der Waals surface area contributed by atoms with Gasteiger partial charge in [-0.1, -0.05) is 30.3 Å². The van der Waals surface area contributed by atoms with E-state index in [-0.39, 0.29) is 0 Å². The Balaban J connectivity index is 1.26. The number of hydrogen-bond donors (Lipinski definition) is 0. The third-order valence-electron chi connectivity index (χ3n) is 7.80. The highest BCUT2D eigenvalue weighted by Crippen LogP contribution is 2.38. The van der Waals surface area contributed by atoms with E-state index in [4.69, 9.17) is 18.2 Å². The van der Waals surface area contributed by atoms with Gasteiger partial charge in [-0.25, -0.2) is 15.0 Å². The van der Waals surface area contributed by atoms with Crippen LogP contribution in [0.15, 0.2) is 141 Å². The molecule has 0 N–H and O–H groups in total. The maximum Gasteiger partial charge on any atom is 0.227 e. The quantitative estimate of drug-likeness (QED) is 0.203. The molecular weight excluding hydrogens is 550 g/mol. The summed E-state index contributed by atoms with van der Waals surface area (Å²) in [6, 6.07) is 32.7. The predicted octanol–water partition coefficient (Wildman–Crippen LogP) is 8.96. The fourth-order valence-electron chi connectivity index (χ4n) is 5.84. The molecule has 8 heteroatoms. The third kappa shape index (κ3) is 3.93. The van der Waals surface area contributed by atoms with Gasteiger partial charge in [-0.2, -0.15) is 0 Å². The first-order valence-corrected chi connectivity index (χ1v) is 14.1. The van der Waals surface area contributed by atoms with Gasteiger partial charge in [0.25, 0.3) is 0 Å². The van der Waals surface area contributed by atoms with Crippen LogP contribution >= 0.6 is 0 Å². The molecule has 0 spiro atoms. The normalized spacial score (nSPS) is 11.6. The lowest BCUT2D eigenvalue weighted by Crippen LogP contribution is -1.96. The van der Waals surface area contributed by atoms with Gasteiger partial charge in [0.15, 0.2) is 5.58 Å². The van der Waals surface area contributed by atoms with Gasteiger partial charge in [0.05, 0.1) is 29.1 Å². The maximum atomic E-state index is 6.29. The first-order valence-electron chi connectivity index (χ1n) is 14.1. The van der Waals surface area contributed by atoms with Gasteiger partial charge in [0.1, 0.15) is 18.0 Å². The summed E-state index contributed by atoms with van der Waals surface area (Å²) >= 11 is 0. The monoisotopic (exact) mass is 571 g/mol. The molecule has 8 nitrogen and oxygen atoms in total. The average molecular weight is 572 g/mol. The second-order valence-electron chi connectivity index (χ2n) is 10.4. The minimum Gasteiger partial charge on any atom is -0.445 e. The molecule has 0 amide bonds. The standard InChI is InChI=1S/C36H21N5O3/c1-2-7-31-27(5-1)28-10-8-22(36-40-30-11-9-23(21-33(30)44-36)34-38-13-15-42-34)20-32(28)41(31)26-18-24(29-6-3-4-12-37-29)17-25(19-26)35-39-14-16-43-35/h1-21H. The van der Waals surface area contributed by atoms with Crippen molar-refractivity contribution in [1.29, 1.82) is 0 Å². The summed E-state index contributed by atoms with van der Waals surface area (Å²) < 4.78 is 19.7. The van der Waals surface area contributed by atoms with Gasteiger partial charge in [0, 0.05) is 44.9 Å². The van der Waals surface area contributed by atoms with Crippen LogP contribution in [0.1, 0.15) is 0 Å². The second kappa shape index (κ2) is 9.64. The van der Waals surface area contributed by atoms with Gasteiger partial charge in [-0.05, 0) is 66.7 Å². The molecule has 0 aliphatic rings. The van der Waals surface area contributed by atoms with E-state index in [1.807, 2.05) is 36.4 Å². The largest absolute Gasteiger partial charge is 0.445 e. The number of rotatable bonds is 5. The van der Waals surface area contributed by atoms with E-state index in [0.717, 1.165) is 61.0 Å². The lowest BCUT2D eigenvalue weighted by atomic mass is 10.1. The topological polar surface area (TPSA) is 95.9 Å². The van der Waals surface area contributed by atoms with E-state index in [1.54, 1.807) is 31.1 Å². The number of fused-ring (bicyclic) bond motifs is 4. The smallest absolute Gasteiger partial charge is 0.227 e. The Morgan fingerprint density at radius 2 is 1.27 bits per heavy atom. The summed E-state index contributed by atoms with van der Waals surface area (Å²) in [4.78, 5) is 18.1. The Labute approximate surface area is 249 Å². The van der Waals surface area contributed by atoms with Crippen molar-refractivity contribution in [1.82, 2.24) is 24.5 Å². The summed E-state index contributed by atoms with van der Waals surface area (Å²) in [6.07, 6.45) is 8.22. The third-order valence-corrected chi connectivity index (χ3v) is 7.80. The van der Waals surface area contributed by atoms with E-state index in [9.17, 15) is 0 Å². The first kappa shape index (κ1) is 24.3. The lowest BCUT2D eigenvalue weighted by molar-refractivity contribution is 0.574. The average Bonchev–Trinajstić information content (AvgIpc) is 3.90. The summed E-state index contributed by atoms with van der Waals surface area (Å²) in [7, 11) is 0. The number of benzene rings is 4. The Morgan fingerprint density at radius 3 is 2.09 bits per heavy atom. The Kier molecular flexibility index (Phi) is 5.33. The van der Waals surface area contributed by atoms with Gasteiger partial charge in [0.2, 0.25) is 17.7 Å². The number of oxazole rings is 3. The summed E-state index contributed by atoms with van der Waals surface area (Å²) in [6.45, 7) is 0. The molecule has 9 rings (SSSR count). The molecule has 4 aromatic carbocycles. The van der Waals surface area contributed by atoms with Crippen molar-refractivity contribution in [2.75, 3.05) is 0 Å². The number of nitrogens with zero attached hydrogens (tertiary/aromatic N) is 5. The van der Waals surface area contributed by atoms with Crippen molar-refractivity contribution in [3.63, 3.8) is 0 Å². The Bertz CT molecular complexity index is 2440. The molecule has 0 saturated carbocycles. The molecule has 5 heterocycles. The van der Waals surface area contributed by atoms with E-state index in [2.05, 4.69) is 80.2 Å². The zero-order valence-corrected chi connectivity index (χ0v) is 23.1. The van der Waals surface area contributed by atoms with E-state index in [1.165, 1.54) is 0 Å². The van der Waals surface area contributed by atoms with Crippen molar-refractivity contribution in [3.05, 3.63) is 128 Å². The van der Waals surface area contributed by atoms with Gasteiger partial charge >= 0.3 is 0 Å². The molecule has 5 aromatic heterocycles. The van der Waals surface area contributed by atoms with Crippen LogP contribution in [0.4, 0.5) is 0 Å². The number of pyridine rings is 1. The minimum atomic E-state index is 0.533. The number of para-hydroxylation sites is 1. The number of hydrogen-bond acceptors (Lipinski definition) is 7. The first-order chi connectivity index (χ1) is 21.8. The van der Waals surface area contributed by atoms with Crippen LogP contribution in [-0.2, 0) is 0 Å². The summed E-state index contributed by atoms with van der Waals surface area (Å²) in [5, 5.41) is 2.26.